The number of amides is 1. The molecule has 1 saturated heterocycles. The average molecular weight is 451 g/mol. The highest BCUT2D eigenvalue weighted by Gasteiger charge is 2.35. The summed E-state index contributed by atoms with van der Waals surface area (Å²) in [5, 5.41) is 5.38. The van der Waals surface area contributed by atoms with Crippen molar-refractivity contribution < 1.29 is 27.4 Å². The Bertz CT molecular complexity index is 976. The molecule has 2 aromatic rings. The van der Waals surface area contributed by atoms with E-state index in [1.54, 1.807) is 23.1 Å². The number of nitrogens with zero attached hydrogens (tertiary/aromatic N) is 3. The van der Waals surface area contributed by atoms with E-state index >= 15 is 0 Å². The number of hydrogen-bond donors (Lipinski definition) is 2. The summed E-state index contributed by atoms with van der Waals surface area (Å²) in [5.41, 5.74) is -0.0174. The van der Waals surface area contributed by atoms with Gasteiger partial charge in [-0.05, 0) is 37.5 Å². The summed E-state index contributed by atoms with van der Waals surface area (Å²) in [4.78, 5) is 22.3. The molecule has 2 aliphatic rings. The van der Waals surface area contributed by atoms with Gasteiger partial charge in [-0.1, -0.05) is 0 Å². The standard InChI is InChI=1S/C21H24F3N5O3/c1-25-18-15(21(22,23)24)12-26-20(28-18)27-16-6-5-13(11-17(16)32-14-3-2-4-14)19(30)29-7-9-31-10-8-29/h5-6,11-12,14H,2-4,7-10H2,1H3,(H2,25,26,27,28). The highest BCUT2D eigenvalue weighted by atomic mass is 19.4. The Hall–Kier alpha value is -3.08. The molecule has 1 aromatic heterocycles. The summed E-state index contributed by atoms with van der Waals surface area (Å²) >= 11 is 0. The molecule has 0 bridgehead atoms. The first kappa shape index (κ1) is 22.1. The molecular formula is C21H24F3N5O3. The van der Waals surface area contributed by atoms with Gasteiger partial charge in [0.15, 0.2) is 0 Å². The van der Waals surface area contributed by atoms with Crippen LogP contribution in [0.1, 0.15) is 35.2 Å². The zero-order valence-electron chi connectivity index (χ0n) is 17.5. The van der Waals surface area contributed by atoms with E-state index in [-0.39, 0.29) is 23.8 Å². The number of nitrogens with one attached hydrogen (secondary N) is 2. The van der Waals surface area contributed by atoms with Gasteiger partial charge in [-0.2, -0.15) is 18.2 Å². The molecule has 2 fully saturated rings. The minimum atomic E-state index is -4.57. The van der Waals surface area contributed by atoms with Crippen LogP contribution in [0.2, 0.25) is 0 Å². The first-order valence-corrected chi connectivity index (χ1v) is 10.4. The number of halogens is 3. The average Bonchev–Trinajstić information content (AvgIpc) is 2.76. The van der Waals surface area contributed by atoms with Crippen LogP contribution in [0.4, 0.5) is 30.6 Å². The fraction of sp³-hybridized carbons (Fsp3) is 0.476. The van der Waals surface area contributed by atoms with Crippen LogP contribution >= 0.6 is 0 Å². The third kappa shape index (κ3) is 4.87. The van der Waals surface area contributed by atoms with E-state index in [1.165, 1.54) is 7.05 Å². The van der Waals surface area contributed by atoms with Crippen LogP contribution in [0.25, 0.3) is 0 Å². The predicted octanol–water partition coefficient (Wildman–Crippen LogP) is 3.68. The van der Waals surface area contributed by atoms with E-state index in [0.717, 1.165) is 25.5 Å². The highest BCUT2D eigenvalue weighted by molar-refractivity contribution is 5.95. The number of alkyl halides is 3. The SMILES string of the molecule is CNc1nc(Nc2ccc(C(=O)N3CCOCC3)cc2OC2CCC2)ncc1C(F)(F)F. The van der Waals surface area contributed by atoms with Crippen molar-refractivity contribution in [3.63, 3.8) is 0 Å². The van der Waals surface area contributed by atoms with E-state index < -0.39 is 11.7 Å². The summed E-state index contributed by atoms with van der Waals surface area (Å²) in [6.45, 7) is 2.03. The van der Waals surface area contributed by atoms with E-state index in [1.807, 2.05) is 0 Å². The number of carbonyl (C=O) groups is 1. The maximum atomic E-state index is 13.1. The lowest BCUT2D eigenvalue weighted by molar-refractivity contribution is -0.137. The Morgan fingerprint density at radius 1 is 1.25 bits per heavy atom. The largest absolute Gasteiger partial charge is 0.488 e. The monoisotopic (exact) mass is 451 g/mol. The van der Waals surface area contributed by atoms with Crippen LogP contribution < -0.4 is 15.4 Å². The molecule has 1 aliphatic carbocycles. The minimum Gasteiger partial charge on any atom is -0.488 e. The van der Waals surface area contributed by atoms with Crippen molar-refractivity contribution >= 4 is 23.4 Å². The quantitative estimate of drug-likeness (QED) is 0.693. The molecule has 1 aromatic carbocycles. The Labute approximate surface area is 183 Å². The van der Waals surface area contributed by atoms with Crippen LogP contribution in [0.15, 0.2) is 24.4 Å². The van der Waals surface area contributed by atoms with Gasteiger partial charge in [-0.3, -0.25) is 4.79 Å². The number of rotatable bonds is 6. The zero-order chi connectivity index (χ0) is 22.7. The fourth-order valence-electron chi connectivity index (χ4n) is 3.43. The van der Waals surface area contributed by atoms with E-state index in [9.17, 15) is 18.0 Å². The Balaban J connectivity index is 1.60. The minimum absolute atomic E-state index is 0.0203. The molecule has 32 heavy (non-hydrogen) atoms. The summed E-state index contributed by atoms with van der Waals surface area (Å²) in [6.07, 6.45) is -0.941. The number of carbonyl (C=O) groups excluding carboxylic acids is 1. The topological polar surface area (TPSA) is 88.6 Å². The van der Waals surface area contributed by atoms with Crippen LogP contribution in [-0.4, -0.2) is 60.2 Å². The first-order valence-electron chi connectivity index (χ1n) is 10.4. The Kier molecular flexibility index (Phi) is 6.35. The van der Waals surface area contributed by atoms with Crippen molar-refractivity contribution in [1.29, 1.82) is 0 Å². The molecule has 1 aliphatic heterocycles. The van der Waals surface area contributed by atoms with Gasteiger partial charge in [0.25, 0.3) is 5.91 Å². The van der Waals surface area contributed by atoms with E-state index in [0.29, 0.717) is 43.3 Å². The Morgan fingerprint density at radius 2 is 2.00 bits per heavy atom. The summed E-state index contributed by atoms with van der Waals surface area (Å²) in [7, 11) is 1.36. The van der Waals surface area contributed by atoms with Gasteiger partial charge < -0.3 is 25.0 Å². The third-order valence-electron chi connectivity index (χ3n) is 5.45. The van der Waals surface area contributed by atoms with Gasteiger partial charge in [0.05, 0.1) is 25.0 Å². The molecule has 1 saturated carbocycles. The second-order valence-electron chi connectivity index (χ2n) is 7.61. The molecule has 0 radical (unpaired) electrons. The van der Waals surface area contributed by atoms with Crippen molar-refractivity contribution in [3.8, 4) is 5.75 Å². The summed E-state index contributed by atoms with van der Waals surface area (Å²) in [6, 6.07) is 4.96. The number of benzene rings is 1. The molecule has 0 spiro atoms. The molecule has 1 amide bonds. The zero-order valence-corrected chi connectivity index (χ0v) is 17.5. The number of aromatic nitrogens is 2. The highest BCUT2D eigenvalue weighted by Crippen LogP contribution is 2.36. The van der Waals surface area contributed by atoms with Crippen LogP contribution in [0.5, 0.6) is 5.75 Å². The first-order chi connectivity index (χ1) is 15.3. The molecule has 4 rings (SSSR count). The fourth-order valence-corrected chi connectivity index (χ4v) is 3.43. The van der Waals surface area contributed by atoms with Crippen molar-refractivity contribution in [3.05, 3.63) is 35.5 Å². The lowest BCUT2D eigenvalue weighted by Gasteiger charge is -2.29. The number of hydrogen-bond acceptors (Lipinski definition) is 7. The Morgan fingerprint density at radius 3 is 2.62 bits per heavy atom. The maximum absolute atomic E-state index is 13.1. The van der Waals surface area contributed by atoms with Gasteiger partial charge in [-0.25, -0.2) is 4.98 Å². The van der Waals surface area contributed by atoms with Gasteiger partial charge in [-0.15, -0.1) is 0 Å². The smallest absolute Gasteiger partial charge is 0.421 e. The summed E-state index contributed by atoms with van der Waals surface area (Å²) in [5.74, 6) is -0.0477. The van der Waals surface area contributed by atoms with Crippen LogP contribution in [0, 0.1) is 0 Å². The molecule has 0 unspecified atom stereocenters. The van der Waals surface area contributed by atoms with Crippen molar-refractivity contribution in [2.45, 2.75) is 31.5 Å². The van der Waals surface area contributed by atoms with Gasteiger partial charge in [0, 0.05) is 31.9 Å². The molecule has 0 atom stereocenters. The molecule has 2 heterocycles. The molecule has 11 heteroatoms. The van der Waals surface area contributed by atoms with Gasteiger partial charge in [0.1, 0.15) is 17.1 Å². The van der Waals surface area contributed by atoms with E-state index in [2.05, 4.69) is 20.6 Å². The second kappa shape index (κ2) is 9.19. The third-order valence-corrected chi connectivity index (χ3v) is 5.45. The predicted molar refractivity (Wildman–Crippen MR) is 111 cm³/mol. The lowest BCUT2D eigenvalue weighted by Crippen LogP contribution is -2.40. The normalized spacial score (nSPS) is 16.9. The second-order valence-corrected chi connectivity index (χ2v) is 7.61. The number of morpholine rings is 1. The molecule has 8 nitrogen and oxygen atoms in total. The van der Waals surface area contributed by atoms with Gasteiger partial charge >= 0.3 is 6.18 Å². The summed E-state index contributed by atoms with van der Waals surface area (Å²) < 4.78 is 50.7. The van der Waals surface area contributed by atoms with Crippen LogP contribution in [-0.2, 0) is 10.9 Å². The lowest BCUT2D eigenvalue weighted by atomic mass is 9.96. The van der Waals surface area contributed by atoms with Crippen molar-refractivity contribution in [2.75, 3.05) is 44.0 Å². The molecular weight excluding hydrogens is 427 g/mol. The maximum Gasteiger partial charge on any atom is 0.421 e. The van der Waals surface area contributed by atoms with Crippen molar-refractivity contribution in [2.24, 2.45) is 0 Å². The number of ether oxygens (including phenoxy) is 2. The number of anilines is 3. The van der Waals surface area contributed by atoms with Gasteiger partial charge in [0.2, 0.25) is 5.95 Å². The molecule has 172 valence electrons. The molecule has 2 N–H and O–H groups in total. The van der Waals surface area contributed by atoms with Crippen molar-refractivity contribution in [1.82, 2.24) is 14.9 Å². The van der Waals surface area contributed by atoms with E-state index in [4.69, 9.17) is 9.47 Å². The van der Waals surface area contributed by atoms with Crippen LogP contribution in [0.3, 0.4) is 0 Å².